The molecule has 3 heterocycles. The topological polar surface area (TPSA) is 86.6 Å². The number of carboxylic acids is 1. The number of benzene rings is 1. The van der Waals surface area contributed by atoms with Gasteiger partial charge in [0, 0.05) is 44.5 Å². The smallest absolute Gasteiger partial charge is 0.314 e. The molecule has 1 N–H and O–H groups in total. The van der Waals surface area contributed by atoms with Crippen LogP contribution < -0.4 is 4.90 Å². The Kier molecular flexibility index (Phi) is 5.47. The van der Waals surface area contributed by atoms with Crippen LogP contribution in [0.3, 0.4) is 0 Å². The first-order valence-electron chi connectivity index (χ1n) is 10.2. The Morgan fingerprint density at radius 1 is 0.931 bits per heavy atom. The van der Waals surface area contributed by atoms with Crippen molar-refractivity contribution in [2.24, 2.45) is 5.92 Å². The molecule has 2 aliphatic rings. The van der Waals surface area contributed by atoms with Crippen LogP contribution >= 0.6 is 0 Å². The van der Waals surface area contributed by atoms with E-state index in [1.165, 1.54) is 0 Å². The minimum atomic E-state index is -0.897. The number of aliphatic carboxylic acids is 1. The SMILES string of the molecule is O=C(C1CCN(c2ncccn2)CC1)N1CCC(C(=O)O)(c2ccccc2)CC1. The van der Waals surface area contributed by atoms with E-state index in [-0.39, 0.29) is 11.8 Å². The highest BCUT2D eigenvalue weighted by Crippen LogP contribution is 2.36. The number of hydrogen-bond acceptors (Lipinski definition) is 5. The Labute approximate surface area is 170 Å². The molecule has 2 fully saturated rings. The second-order valence-electron chi connectivity index (χ2n) is 7.89. The van der Waals surface area contributed by atoms with Crippen LogP contribution in [0.5, 0.6) is 0 Å². The quantitative estimate of drug-likeness (QED) is 0.857. The summed E-state index contributed by atoms with van der Waals surface area (Å²) in [6, 6.07) is 11.2. The van der Waals surface area contributed by atoms with Crippen LogP contribution in [0, 0.1) is 5.92 Å². The van der Waals surface area contributed by atoms with Crippen molar-refractivity contribution < 1.29 is 14.7 Å². The summed E-state index contributed by atoms with van der Waals surface area (Å²) in [7, 11) is 0. The lowest BCUT2D eigenvalue weighted by Gasteiger charge is -2.41. The number of likely N-dealkylation sites (tertiary alicyclic amines) is 1. The molecule has 0 unspecified atom stereocenters. The van der Waals surface area contributed by atoms with Crippen molar-refractivity contribution in [3.8, 4) is 0 Å². The van der Waals surface area contributed by atoms with E-state index >= 15 is 0 Å². The number of piperidine rings is 2. The molecule has 1 aromatic heterocycles. The van der Waals surface area contributed by atoms with Crippen molar-refractivity contribution in [3.63, 3.8) is 0 Å². The Hall–Kier alpha value is -2.96. The number of carbonyl (C=O) groups excluding carboxylic acids is 1. The lowest BCUT2D eigenvalue weighted by atomic mass is 9.72. The molecule has 0 bridgehead atoms. The van der Waals surface area contributed by atoms with E-state index in [0.717, 1.165) is 31.5 Å². The molecule has 2 saturated heterocycles. The van der Waals surface area contributed by atoms with Crippen molar-refractivity contribution in [2.45, 2.75) is 31.1 Å². The van der Waals surface area contributed by atoms with Gasteiger partial charge in [-0.15, -0.1) is 0 Å². The molecular weight excluding hydrogens is 368 g/mol. The Bertz CT molecular complexity index is 843. The maximum atomic E-state index is 13.0. The molecule has 29 heavy (non-hydrogen) atoms. The first-order chi connectivity index (χ1) is 14.1. The van der Waals surface area contributed by atoms with Gasteiger partial charge in [0.15, 0.2) is 0 Å². The summed E-state index contributed by atoms with van der Waals surface area (Å²) < 4.78 is 0. The summed E-state index contributed by atoms with van der Waals surface area (Å²) in [6.07, 6.45) is 5.92. The van der Waals surface area contributed by atoms with Gasteiger partial charge in [-0.3, -0.25) is 9.59 Å². The third-order valence-electron chi connectivity index (χ3n) is 6.34. The predicted octanol–water partition coefficient (Wildman–Crippen LogP) is 2.34. The Balaban J connectivity index is 1.36. The number of aromatic nitrogens is 2. The first kappa shape index (κ1) is 19.4. The van der Waals surface area contributed by atoms with E-state index in [0.29, 0.717) is 31.9 Å². The molecule has 2 aromatic rings. The normalized spacial score (nSPS) is 19.7. The zero-order valence-electron chi connectivity index (χ0n) is 16.4. The number of nitrogens with zero attached hydrogens (tertiary/aromatic N) is 4. The van der Waals surface area contributed by atoms with Gasteiger partial charge < -0.3 is 14.9 Å². The largest absolute Gasteiger partial charge is 0.481 e. The zero-order valence-corrected chi connectivity index (χ0v) is 16.4. The summed E-state index contributed by atoms with van der Waals surface area (Å²) in [5, 5.41) is 9.93. The number of amides is 1. The molecule has 0 aliphatic carbocycles. The van der Waals surface area contributed by atoms with Crippen LogP contribution in [0.4, 0.5) is 5.95 Å². The van der Waals surface area contributed by atoms with Crippen LogP contribution in [-0.2, 0) is 15.0 Å². The minimum absolute atomic E-state index is 0.0102. The summed E-state index contributed by atoms with van der Waals surface area (Å²) >= 11 is 0. The van der Waals surface area contributed by atoms with Gasteiger partial charge in [0.1, 0.15) is 0 Å². The van der Waals surface area contributed by atoms with Crippen LogP contribution in [0.15, 0.2) is 48.8 Å². The predicted molar refractivity (Wildman–Crippen MR) is 109 cm³/mol. The van der Waals surface area contributed by atoms with E-state index in [1.54, 1.807) is 18.5 Å². The van der Waals surface area contributed by atoms with Crippen LogP contribution in [-0.4, -0.2) is 58.0 Å². The fourth-order valence-electron chi connectivity index (χ4n) is 4.53. The molecule has 1 aromatic carbocycles. The van der Waals surface area contributed by atoms with Gasteiger partial charge in [-0.05, 0) is 37.3 Å². The third kappa shape index (κ3) is 3.81. The highest BCUT2D eigenvalue weighted by molar-refractivity contribution is 5.83. The lowest BCUT2D eigenvalue weighted by molar-refractivity contribution is -0.149. The molecule has 7 heteroatoms. The number of anilines is 1. The number of hydrogen-bond donors (Lipinski definition) is 1. The number of rotatable bonds is 4. The van der Waals surface area contributed by atoms with Crippen molar-refractivity contribution in [3.05, 3.63) is 54.4 Å². The average molecular weight is 394 g/mol. The maximum Gasteiger partial charge on any atom is 0.314 e. The maximum absolute atomic E-state index is 13.0. The number of carbonyl (C=O) groups is 2. The molecular formula is C22H26N4O3. The van der Waals surface area contributed by atoms with Crippen molar-refractivity contribution in [1.82, 2.24) is 14.9 Å². The highest BCUT2D eigenvalue weighted by atomic mass is 16.4. The van der Waals surface area contributed by atoms with Crippen LogP contribution in [0.2, 0.25) is 0 Å². The molecule has 4 rings (SSSR count). The van der Waals surface area contributed by atoms with E-state index < -0.39 is 11.4 Å². The van der Waals surface area contributed by atoms with E-state index in [4.69, 9.17) is 0 Å². The van der Waals surface area contributed by atoms with Gasteiger partial charge in [0.05, 0.1) is 5.41 Å². The standard InChI is InChI=1S/C22H26N4O3/c27-19(17-7-13-26(14-8-17)21-23-11-4-12-24-21)25-15-9-22(10-16-25,20(28)29)18-5-2-1-3-6-18/h1-6,11-12,17H,7-10,13-16H2,(H,28,29). The van der Waals surface area contributed by atoms with Crippen LogP contribution in [0.25, 0.3) is 0 Å². The summed E-state index contributed by atoms with van der Waals surface area (Å²) in [6.45, 7) is 2.50. The van der Waals surface area contributed by atoms with Gasteiger partial charge in [-0.2, -0.15) is 0 Å². The second-order valence-corrected chi connectivity index (χ2v) is 7.89. The van der Waals surface area contributed by atoms with Gasteiger partial charge in [-0.25, -0.2) is 9.97 Å². The fourth-order valence-corrected chi connectivity index (χ4v) is 4.53. The third-order valence-corrected chi connectivity index (χ3v) is 6.34. The highest BCUT2D eigenvalue weighted by Gasteiger charge is 2.44. The minimum Gasteiger partial charge on any atom is -0.481 e. The van der Waals surface area contributed by atoms with Crippen molar-refractivity contribution >= 4 is 17.8 Å². The molecule has 2 aliphatic heterocycles. The van der Waals surface area contributed by atoms with Gasteiger partial charge in [0.2, 0.25) is 11.9 Å². The van der Waals surface area contributed by atoms with Gasteiger partial charge >= 0.3 is 5.97 Å². The first-order valence-corrected chi connectivity index (χ1v) is 10.2. The lowest BCUT2D eigenvalue weighted by Crippen LogP contribution is -2.51. The fraction of sp³-hybridized carbons (Fsp3) is 0.455. The molecule has 1 amide bonds. The second kappa shape index (κ2) is 8.19. The van der Waals surface area contributed by atoms with E-state index in [9.17, 15) is 14.7 Å². The summed E-state index contributed by atoms with van der Waals surface area (Å²) in [4.78, 5) is 37.7. The number of carboxylic acid groups (broad SMARTS) is 1. The monoisotopic (exact) mass is 394 g/mol. The van der Waals surface area contributed by atoms with Crippen molar-refractivity contribution in [2.75, 3.05) is 31.1 Å². The van der Waals surface area contributed by atoms with Crippen molar-refractivity contribution in [1.29, 1.82) is 0 Å². The van der Waals surface area contributed by atoms with E-state index in [1.807, 2.05) is 35.2 Å². The average Bonchev–Trinajstić information content (AvgIpc) is 2.80. The Morgan fingerprint density at radius 3 is 2.14 bits per heavy atom. The molecule has 0 atom stereocenters. The molecule has 0 spiro atoms. The summed E-state index contributed by atoms with van der Waals surface area (Å²) in [5.41, 5.74) is -0.0674. The van der Waals surface area contributed by atoms with Gasteiger partial charge in [0.25, 0.3) is 0 Å². The van der Waals surface area contributed by atoms with E-state index in [2.05, 4.69) is 14.9 Å². The van der Waals surface area contributed by atoms with Crippen LogP contribution in [0.1, 0.15) is 31.2 Å². The van der Waals surface area contributed by atoms with Gasteiger partial charge in [-0.1, -0.05) is 30.3 Å². The Morgan fingerprint density at radius 2 is 1.55 bits per heavy atom. The zero-order chi connectivity index (χ0) is 20.3. The summed E-state index contributed by atoms with van der Waals surface area (Å²) in [5.74, 6) is 0.0622. The molecule has 0 saturated carbocycles. The molecule has 0 radical (unpaired) electrons. The molecule has 7 nitrogen and oxygen atoms in total. The molecule has 152 valence electrons.